The van der Waals surface area contributed by atoms with E-state index in [-0.39, 0.29) is 0 Å². The Morgan fingerprint density at radius 1 is 1.24 bits per heavy atom. The van der Waals surface area contributed by atoms with Gasteiger partial charge in [-0.1, -0.05) is 31.9 Å². The first kappa shape index (κ1) is 22.4. The zero-order chi connectivity index (χ0) is 23.4. The van der Waals surface area contributed by atoms with E-state index in [9.17, 15) is 0 Å². The SMILES string of the molecule is C=C/C=C(\C(C)=C(/C=C)NC=C)c1nc(N2CCOCC2)c2oc3ncc(CN)cc3c2n1. The highest BCUT2D eigenvalue weighted by molar-refractivity contribution is 6.05. The number of furan rings is 1. The second-order valence-corrected chi connectivity index (χ2v) is 7.56. The van der Waals surface area contributed by atoms with Crippen molar-refractivity contribution in [2.45, 2.75) is 13.5 Å². The Kier molecular flexibility index (Phi) is 6.67. The van der Waals surface area contributed by atoms with Gasteiger partial charge >= 0.3 is 0 Å². The quantitative estimate of drug-likeness (QED) is 0.506. The molecule has 3 N–H and O–H groups in total. The number of allylic oxidation sites excluding steroid dienone is 5. The predicted molar refractivity (Wildman–Crippen MR) is 132 cm³/mol. The second-order valence-electron chi connectivity index (χ2n) is 7.56. The van der Waals surface area contributed by atoms with Crippen LogP contribution in [0, 0.1) is 0 Å². The standard InChI is InChI=1S/C25H28N6O2/c1-5-8-18(16(4)20(6-2)27-7-3)23-29-21-19-13-17(14-26)15-28-25(19)33-22(21)24(30-23)31-9-11-32-12-10-31/h5-8,13,15,27H,1-3,9-12,14,26H2,4H3/b18-8+,20-16+. The molecule has 0 spiro atoms. The maximum Gasteiger partial charge on any atom is 0.229 e. The monoisotopic (exact) mass is 444 g/mol. The molecule has 8 heteroatoms. The summed E-state index contributed by atoms with van der Waals surface area (Å²) in [5.74, 6) is 1.26. The van der Waals surface area contributed by atoms with E-state index in [1.165, 1.54) is 0 Å². The number of rotatable bonds is 8. The fraction of sp³-hybridized carbons (Fsp3) is 0.240. The van der Waals surface area contributed by atoms with Gasteiger partial charge in [-0.2, -0.15) is 0 Å². The zero-order valence-electron chi connectivity index (χ0n) is 18.8. The average Bonchev–Trinajstić information content (AvgIpc) is 3.23. The summed E-state index contributed by atoms with van der Waals surface area (Å²) in [6.45, 7) is 16.6. The Balaban J connectivity index is 2.01. The van der Waals surface area contributed by atoms with E-state index in [1.807, 2.05) is 19.1 Å². The minimum Gasteiger partial charge on any atom is -0.432 e. The topological polar surface area (TPSA) is 102 Å². The normalized spacial score (nSPS) is 15.5. The van der Waals surface area contributed by atoms with Gasteiger partial charge in [-0.3, -0.25) is 0 Å². The second kappa shape index (κ2) is 9.81. The number of hydrogen-bond acceptors (Lipinski definition) is 8. The highest BCUT2D eigenvalue weighted by Gasteiger charge is 2.24. The van der Waals surface area contributed by atoms with E-state index in [4.69, 9.17) is 24.9 Å². The lowest BCUT2D eigenvalue weighted by Crippen LogP contribution is -2.37. The van der Waals surface area contributed by atoms with Crippen LogP contribution in [0.15, 0.2) is 72.1 Å². The molecule has 4 rings (SSSR count). The largest absolute Gasteiger partial charge is 0.432 e. The van der Waals surface area contributed by atoms with Crippen molar-refractivity contribution in [3.63, 3.8) is 0 Å². The third kappa shape index (κ3) is 4.30. The van der Waals surface area contributed by atoms with Crippen molar-refractivity contribution >= 4 is 33.6 Å². The Labute approximate surface area is 192 Å². The van der Waals surface area contributed by atoms with Gasteiger partial charge in [0.05, 0.1) is 18.6 Å². The van der Waals surface area contributed by atoms with Crippen molar-refractivity contribution in [1.29, 1.82) is 0 Å². The maximum absolute atomic E-state index is 6.15. The van der Waals surface area contributed by atoms with Crippen LogP contribution < -0.4 is 16.0 Å². The third-order valence-electron chi connectivity index (χ3n) is 5.55. The van der Waals surface area contributed by atoms with Gasteiger partial charge in [0.2, 0.25) is 5.71 Å². The molecule has 1 aliphatic heterocycles. The van der Waals surface area contributed by atoms with Crippen LogP contribution in [0.25, 0.3) is 27.8 Å². The van der Waals surface area contributed by atoms with E-state index >= 15 is 0 Å². The van der Waals surface area contributed by atoms with Gasteiger partial charge < -0.3 is 25.1 Å². The number of anilines is 1. The van der Waals surface area contributed by atoms with Crippen molar-refractivity contribution in [1.82, 2.24) is 20.3 Å². The molecule has 0 amide bonds. The zero-order valence-corrected chi connectivity index (χ0v) is 18.8. The molecule has 3 aromatic rings. The molecule has 1 fully saturated rings. The number of morpholine rings is 1. The molecule has 0 atom stereocenters. The average molecular weight is 445 g/mol. The van der Waals surface area contributed by atoms with E-state index in [1.54, 1.807) is 24.5 Å². The van der Waals surface area contributed by atoms with E-state index < -0.39 is 0 Å². The molecule has 0 saturated carbocycles. The molecule has 1 aliphatic rings. The van der Waals surface area contributed by atoms with Crippen molar-refractivity contribution in [2.24, 2.45) is 5.73 Å². The van der Waals surface area contributed by atoms with Crippen LogP contribution in [0.1, 0.15) is 18.3 Å². The van der Waals surface area contributed by atoms with Crippen molar-refractivity contribution in [3.8, 4) is 0 Å². The Hall–Kier alpha value is -3.75. The number of pyridine rings is 1. The molecule has 4 heterocycles. The minimum absolute atomic E-state index is 0.378. The molecule has 1 saturated heterocycles. The molecular weight excluding hydrogens is 416 g/mol. The van der Waals surface area contributed by atoms with Gasteiger partial charge in [-0.15, -0.1) is 0 Å². The Bertz CT molecular complexity index is 1280. The number of nitrogens with one attached hydrogen (secondary N) is 1. The lowest BCUT2D eigenvalue weighted by atomic mass is 10.0. The fourth-order valence-electron chi connectivity index (χ4n) is 3.84. The van der Waals surface area contributed by atoms with Gasteiger partial charge in [-0.05, 0) is 36.4 Å². The summed E-state index contributed by atoms with van der Waals surface area (Å²) in [4.78, 5) is 16.5. The van der Waals surface area contributed by atoms with Gasteiger partial charge in [-0.25, -0.2) is 15.0 Å². The summed E-state index contributed by atoms with van der Waals surface area (Å²) in [6.07, 6.45) is 8.68. The molecule has 3 aromatic heterocycles. The van der Waals surface area contributed by atoms with Crippen LogP contribution in [-0.2, 0) is 11.3 Å². The Morgan fingerprint density at radius 3 is 2.70 bits per heavy atom. The predicted octanol–water partition coefficient (Wildman–Crippen LogP) is 3.83. The maximum atomic E-state index is 6.15. The van der Waals surface area contributed by atoms with Gasteiger partial charge in [0.15, 0.2) is 17.2 Å². The third-order valence-corrected chi connectivity index (χ3v) is 5.55. The lowest BCUT2D eigenvalue weighted by molar-refractivity contribution is 0.122. The van der Waals surface area contributed by atoms with Crippen LogP contribution in [0.4, 0.5) is 5.82 Å². The van der Waals surface area contributed by atoms with E-state index in [0.717, 1.165) is 27.8 Å². The number of ether oxygens (including phenoxy) is 1. The number of nitrogens with zero attached hydrogens (tertiary/aromatic N) is 4. The van der Waals surface area contributed by atoms with Crippen LogP contribution in [0.5, 0.6) is 0 Å². The summed E-state index contributed by atoms with van der Waals surface area (Å²) >= 11 is 0. The lowest BCUT2D eigenvalue weighted by Gasteiger charge is -2.28. The molecule has 8 nitrogen and oxygen atoms in total. The first-order valence-electron chi connectivity index (χ1n) is 10.8. The van der Waals surface area contributed by atoms with E-state index in [2.05, 4.69) is 34.9 Å². The summed E-state index contributed by atoms with van der Waals surface area (Å²) in [6, 6.07) is 1.97. The van der Waals surface area contributed by atoms with Crippen molar-refractivity contribution < 1.29 is 9.15 Å². The van der Waals surface area contributed by atoms with Crippen LogP contribution >= 0.6 is 0 Å². The molecule has 33 heavy (non-hydrogen) atoms. The number of fused-ring (bicyclic) bond motifs is 3. The highest BCUT2D eigenvalue weighted by atomic mass is 16.5. The first-order valence-corrected chi connectivity index (χ1v) is 10.8. The molecule has 0 radical (unpaired) electrons. The molecule has 0 aliphatic carbocycles. The van der Waals surface area contributed by atoms with Crippen LogP contribution in [0.2, 0.25) is 0 Å². The highest BCUT2D eigenvalue weighted by Crippen LogP contribution is 2.35. The van der Waals surface area contributed by atoms with Gasteiger partial charge in [0, 0.05) is 37.1 Å². The minimum atomic E-state index is 0.378. The van der Waals surface area contributed by atoms with Gasteiger partial charge in [0.25, 0.3) is 0 Å². The van der Waals surface area contributed by atoms with Crippen molar-refractivity contribution in [3.05, 3.63) is 79.1 Å². The molecule has 0 unspecified atom stereocenters. The van der Waals surface area contributed by atoms with Crippen molar-refractivity contribution in [2.75, 3.05) is 31.2 Å². The summed E-state index contributed by atoms with van der Waals surface area (Å²) in [5, 5.41) is 3.93. The molecule has 0 bridgehead atoms. The molecular formula is C25H28N6O2. The van der Waals surface area contributed by atoms with Gasteiger partial charge in [0.1, 0.15) is 5.52 Å². The fourth-order valence-corrected chi connectivity index (χ4v) is 3.84. The van der Waals surface area contributed by atoms with Crippen LogP contribution in [0.3, 0.4) is 0 Å². The number of hydrogen-bond donors (Lipinski definition) is 2. The Morgan fingerprint density at radius 2 is 2.03 bits per heavy atom. The molecule has 170 valence electrons. The number of nitrogens with two attached hydrogens (primary N) is 1. The van der Waals surface area contributed by atoms with Crippen LogP contribution in [-0.4, -0.2) is 41.3 Å². The first-order chi connectivity index (χ1) is 16.1. The van der Waals surface area contributed by atoms with E-state index in [0.29, 0.717) is 61.3 Å². The summed E-state index contributed by atoms with van der Waals surface area (Å²) in [7, 11) is 0. The summed E-state index contributed by atoms with van der Waals surface area (Å²) in [5.41, 5.74) is 11.1. The summed E-state index contributed by atoms with van der Waals surface area (Å²) < 4.78 is 11.7. The molecule has 0 aromatic carbocycles. The smallest absolute Gasteiger partial charge is 0.229 e. The number of aromatic nitrogens is 3.